The summed E-state index contributed by atoms with van der Waals surface area (Å²) in [7, 11) is 1.78. The molecule has 0 aromatic rings. The molecule has 1 aliphatic rings. The van der Waals surface area contributed by atoms with Crippen LogP contribution in [0.4, 0.5) is 0 Å². The van der Waals surface area contributed by atoms with Gasteiger partial charge in [-0.1, -0.05) is 0 Å². The van der Waals surface area contributed by atoms with Crippen molar-refractivity contribution in [3.8, 4) is 0 Å². The average Bonchev–Trinajstić information content (AvgIpc) is 2.30. The van der Waals surface area contributed by atoms with Crippen LogP contribution in [0.1, 0.15) is 20.3 Å². The molecule has 1 aliphatic heterocycles. The molecular formula is C12H26N4O. The van der Waals surface area contributed by atoms with Crippen molar-refractivity contribution in [3.05, 3.63) is 0 Å². The van der Waals surface area contributed by atoms with Crippen molar-refractivity contribution in [3.63, 3.8) is 0 Å². The largest absolute Gasteiger partial charge is 0.368 e. The topological polar surface area (TPSA) is 61.6 Å². The summed E-state index contributed by atoms with van der Waals surface area (Å²) in [5.41, 5.74) is 5.30. The predicted molar refractivity (Wildman–Crippen MR) is 69.8 cm³/mol. The minimum absolute atomic E-state index is 0.196. The summed E-state index contributed by atoms with van der Waals surface area (Å²) >= 11 is 0. The first-order chi connectivity index (χ1) is 8.04. The number of rotatable bonds is 6. The quantitative estimate of drug-likeness (QED) is 0.658. The lowest BCUT2D eigenvalue weighted by atomic mass is 10.1. The predicted octanol–water partition coefficient (Wildman–Crippen LogP) is -0.524. The molecule has 0 aromatic heterocycles. The van der Waals surface area contributed by atoms with Gasteiger partial charge in [-0.2, -0.15) is 0 Å². The summed E-state index contributed by atoms with van der Waals surface area (Å²) in [6.07, 6.45) is 0.799. The Morgan fingerprint density at radius 1 is 1.29 bits per heavy atom. The number of nitrogens with one attached hydrogen (secondary N) is 1. The highest BCUT2D eigenvalue weighted by molar-refractivity contribution is 5.79. The molecule has 0 saturated carbocycles. The lowest BCUT2D eigenvalue weighted by Crippen LogP contribution is -2.50. The van der Waals surface area contributed by atoms with E-state index in [1.165, 1.54) is 0 Å². The molecule has 5 heteroatoms. The Bertz CT molecular complexity index is 237. The van der Waals surface area contributed by atoms with E-state index in [-0.39, 0.29) is 11.9 Å². The van der Waals surface area contributed by atoms with Crippen molar-refractivity contribution in [1.29, 1.82) is 0 Å². The summed E-state index contributed by atoms with van der Waals surface area (Å²) in [6.45, 7) is 9.84. The van der Waals surface area contributed by atoms with E-state index in [0.717, 1.165) is 39.1 Å². The first-order valence-electron chi connectivity index (χ1n) is 6.47. The van der Waals surface area contributed by atoms with Crippen molar-refractivity contribution < 1.29 is 4.79 Å². The van der Waals surface area contributed by atoms with Gasteiger partial charge in [-0.25, -0.2) is 0 Å². The van der Waals surface area contributed by atoms with Gasteiger partial charge >= 0.3 is 0 Å². The molecule has 100 valence electrons. The van der Waals surface area contributed by atoms with Crippen LogP contribution in [0.15, 0.2) is 0 Å². The van der Waals surface area contributed by atoms with Crippen LogP contribution in [0.3, 0.4) is 0 Å². The fourth-order valence-corrected chi connectivity index (χ4v) is 2.24. The number of primary amides is 1. The van der Waals surface area contributed by atoms with E-state index < -0.39 is 0 Å². The van der Waals surface area contributed by atoms with E-state index in [1.807, 2.05) is 0 Å². The minimum Gasteiger partial charge on any atom is -0.368 e. The van der Waals surface area contributed by atoms with Gasteiger partial charge in [0.1, 0.15) is 0 Å². The molecule has 0 aliphatic carbocycles. The molecule has 1 fully saturated rings. The summed E-state index contributed by atoms with van der Waals surface area (Å²) in [5.74, 6) is -0.256. The zero-order valence-electron chi connectivity index (χ0n) is 11.3. The molecular weight excluding hydrogens is 216 g/mol. The number of carbonyl (C=O) groups is 1. The van der Waals surface area contributed by atoms with Gasteiger partial charge in [0.2, 0.25) is 5.91 Å². The maximum atomic E-state index is 11.1. The second-order valence-electron chi connectivity index (χ2n) is 5.00. The van der Waals surface area contributed by atoms with Gasteiger partial charge in [0, 0.05) is 38.8 Å². The number of hydrogen-bond acceptors (Lipinski definition) is 4. The van der Waals surface area contributed by atoms with Crippen LogP contribution in [0.5, 0.6) is 0 Å². The standard InChI is InChI=1S/C12H26N4O/c1-10(2)16-8-6-15(7-9-16)5-4-11(14-3)12(13)17/h10-11,14H,4-9H2,1-3H3,(H2,13,17). The highest BCUT2D eigenvalue weighted by Crippen LogP contribution is 2.06. The van der Waals surface area contributed by atoms with Gasteiger partial charge in [-0.15, -0.1) is 0 Å². The zero-order valence-corrected chi connectivity index (χ0v) is 11.3. The number of piperazine rings is 1. The van der Waals surface area contributed by atoms with Gasteiger partial charge in [0.05, 0.1) is 6.04 Å². The van der Waals surface area contributed by atoms with Crippen LogP contribution < -0.4 is 11.1 Å². The number of nitrogens with two attached hydrogens (primary N) is 1. The Balaban J connectivity index is 2.24. The summed E-state index contributed by atoms with van der Waals surface area (Å²) in [4.78, 5) is 16.0. The van der Waals surface area contributed by atoms with E-state index in [9.17, 15) is 4.79 Å². The Kier molecular flexibility index (Phi) is 5.88. The Hall–Kier alpha value is -0.650. The van der Waals surface area contributed by atoms with Gasteiger partial charge in [-0.05, 0) is 27.3 Å². The molecule has 3 N–H and O–H groups in total. The SMILES string of the molecule is CNC(CCN1CCN(C(C)C)CC1)C(N)=O. The van der Waals surface area contributed by atoms with Crippen molar-refractivity contribution >= 4 is 5.91 Å². The summed E-state index contributed by atoms with van der Waals surface area (Å²) < 4.78 is 0. The number of nitrogens with zero attached hydrogens (tertiary/aromatic N) is 2. The lowest BCUT2D eigenvalue weighted by Gasteiger charge is -2.37. The Morgan fingerprint density at radius 3 is 2.29 bits per heavy atom. The first kappa shape index (κ1) is 14.4. The van der Waals surface area contributed by atoms with Crippen molar-refractivity contribution in [1.82, 2.24) is 15.1 Å². The van der Waals surface area contributed by atoms with E-state index in [2.05, 4.69) is 29.0 Å². The van der Waals surface area contributed by atoms with E-state index in [1.54, 1.807) is 7.05 Å². The molecule has 1 amide bonds. The third-order valence-corrected chi connectivity index (χ3v) is 3.56. The fraction of sp³-hybridized carbons (Fsp3) is 0.917. The second-order valence-corrected chi connectivity index (χ2v) is 5.00. The van der Waals surface area contributed by atoms with Crippen LogP contribution in [0, 0.1) is 0 Å². The monoisotopic (exact) mass is 242 g/mol. The molecule has 5 nitrogen and oxygen atoms in total. The van der Waals surface area contributed by atoms with Crippen LogP contribution in [0.25, 0.3) is 0 Å². The number of likely N-dealkylation sites (N-methyl/N-ethyl adjacent to an activating group) is 1. The van der Waals surface area contributed by atoms with Crippen LogP contribution >= 0.6 is 0 Å². The smallest absolute Gasteiger partial charge is 0.234 e. The summed E-state index contributed by atoms with van der Waals surface area (Å²) in [5, 5.41) is 2.96. The molecule has 1 unspecified atom stereocenters. The number of carbonyl (C=O) groups excluding carboxylic acids is 1. The molecule has 1 heterocycles. The van der Waals surface area contributed by atoms with Gasteiger partial charge in [0.25, 0.3) is 0 Å². The maximum absolute atomic E-state index is 11.1. The highest BCUT2D eigenvalue weighted by atomic mass is 16.1. The molecule has 0 bridgehead atoms. The molecule has 17 heavy (non-hydrogen) atoms. The maximum Gasteiger partial charge on any atom is 0.234 e. The van der Waals surface area contributed by atoms with Gasteiger partial charge in [0.15, 0.2) is 0 Å². The average molecular weight is 242 g/mol. The van der Waals surface area contributed by atoms with Crippen LogP contribution in [-0.2, 0) is 4.79 Å². The van der Waals surface area contributed by atoms with E-state index in [0.29, 0.717) is 6.04 Å². The molecule has 0 spiro atoms. The second kappa shape index (κ2) is 6.93. The summed E-state index contributed by atoms with van der Waals surface area (Å²) in [6, 6.07) is 0.436. The normalized spacial score (nSPS) is 20.7. The van der Waals surface area contributed by atoms with Crippen LogP contribution in [0.2, 0.25) is 0 Å². The number of hydrogen-bond donors (Lipinski definition) is 2. The van der Waals surface area contributed by atoms with E-state index >= 15 is 0 Å². The van der Waals surface area contributed by atoms with E-state index in [4.69, 9.17) is 5.73 Å². The molecule has 1 saturated heterocycles. The first-order valence-corrected chi connectivity index (χ1v) is 6.47. The number of amides is 1. The molecule has 0 radical (unpaired) electrons. The third kappa shape index (κ3) is 4.61. The van der Waals surface area contributed by atoms with Gasteiger partial charge in [-0.3, -0.25) is 9.69 Å². The van der Waals surface area contributed by atoms with Gasteiger partial charge < -0.3 is 16.0 Å². The zero-order chi connectivity index (χ0) is 12.8. The van der Waals surface area contributed by atoms with Crippen molar-refractivity contribution in [2.75, 3.05) is 39.8 Å². The highest BCUT2D eigenvalue weighted by Gasteiger charge is 2.20. The van der Waals surface area contributed by atoms with Crippen molar-refractivity contribution in [2.45, 2.75) is 32.4 Å². The third-order valence-electron chi connectivity index (χ3n) is 3.56. The van der Waals surface area contributed by atoms with Crippen molar-refractivity contribution in [2.24, 2.45) is 5.73 Å². The minimum atomic E-state index is -0.256. The fourth-order valence-electron chi connectivity index (χ4n) is 2.24. The molecule has 1 atom stereocenters. The van der Waals surface area contributed by atoms with Crippen LogP contribution in [-0.4, -0.2) is 67.6 Å². The lowest BCUT2D eigenvalue weighted by molar-refractivity contribution is -0.120. The Labute approximate surface area is 104 Å². The molecule has 1 rings (SSSR count). The Morgan fingerprint density at radius 2 is 1.88 bits per heavy atom. The molecule has 0 aromatic carbocycles.